The van der Waals surface area contributed by atoms with Gasteiger partial charge in [0.2, 0.25) is 0 Å². The molecule has 0 amide bonds. The highest BCUT2D eigenvalue weighted by Crippen LogP contribution is 2.62. The summed E-state index contributed by atoms with van der Waals surface area (Å²) in [5.74, 6) is 2.65. The van der Waals surface area contributed by atoms with Crippen molar-refractivity contribution in [1.82, 2.24) is 4.57 Å². The van der Waals surface area contributed by atoms with E-state index in [1.165, 1.54) is 116 Å². The molecule has 58 heavy (non-hydrogen) atoms. The number of hydrogen-bond donors (Lipinski definition) is 0. The van der Waals surface area contributed by atoms with Gasteiger partial charge in [-0.25, -0.2) is 0 Å². The van der Waals surface area contributed by atoms with Gasteiger partial charge in [0.15, 0.2) is 0 Å². The summed E-state index contributed by atoms with van der Waals surface area (Å²) in [6, 6.07) is 70.0. The Kier molecular flexibility index (Phi) is 7.76. The van der Waals surface area contributed by atoms with Gasteiger partial charge in [0.05, 0.1) is 11.0 Å². The summed E-state index contributed by atoms with van der Waals surface area (Å²) in [4.78, 5) is 2.55. The molecule has 1 aromatic heterocycles. The molecule has 0 atom stereocenters. The van der Waals surface area contributed by atoms with Gasteiger partial charge in [0.25, 0.3) is 0 Å². The van der Waals surface area contributed by atoms with Crippen molar-refractivity contribution in [3.05, 3.63) is 194 Å². The molecular formula is C56H46N2. The third-order valence-corrected chi connectivity index (χ3v) is 14.1. The Hall–Kier alpha value is -6.38. The second kappa shape index (κ2) is 13.4. The summed E-state index contributed by atoms with van der Waals surface area (Å²) >= 11 is 0. The number of benzene rings is 8. The maximum atomic E-state index is 2.55. The highest BCUT2D eigenvalue weighted by molar-refractivity contribution is 6.18. The van der Waals surface area contributed by atoms with Crippen molar-refractivity contribution >= 4 is 49.6 Å². The molecule has 0 radical (unpaired) electrons. The Labute approximate surface area is 341 Å². The van der Waals surface area contributed by atoms with Gasteiger partial charge in [-0.1, -0.05) is 140 Å². The first-order chi connectivity index (χ1) is 28.7. The quantitative estimate of drug-likeness (QED) is 0.158. The lowest BCUT2D eigenvalue weighted by atomic mass is 9.48. The lowest BCUT2D eigenvalue weighted by Crippen LogP contribution is -2.48. The van der Waals surface area contributed by atoms with Crippen molar-refractivity contribution in [2.45, 2.75) is 43.9 Å². The van der Waals surface area contributed by atoms with Crippen LogP contribution in [0.3, 0.4) is 0 Å². The number of anilines is 3. The zero-order chi connectivity index (χ0) is 38.2. The summed E-state index contributed by atoms with van der Waals surface area (Å²) in [6.45, 7) is 0. The molecule has 9 aromatic rings. The summed E-state index contributed by atoms with van der Waals surface area (Å²) in [6.07, 6.45) is 8.36. The molecule has 0 aliphatic heterocycles. The molecule has 4 aliphatic carbocycles. The Balaban J connectivity index is 0.966. The third-order valence-electron chi connectivity index (χ3n) is 14.1. The molecule has 280 valence electrons. The maximum Gasteiger partial charge on any atom is 0.0619 e. The lowest BCUT2D eigenvalue weighted by molar-refractivity contribution is -0.00491. The summed E-state index contributed by atoms with van der Waals surface area (Å²) in [7, 11) is 0. The molecular weight excluding hydrogens is 701 g/mol. The van der Waals surface area contributed by atoms with Crippen LogP contribution in [-0.2, 0) is 5.41 Å². The first-order valence-corrected chi connectivity index (χ1v) is 21.3. The van der Waals surface area contributed by atoms with E-state index < -0.39 is 0 Å². The van der Waals surface area contributed by atoms with E-state index >= 15 is 0 Å². The molecule has 4 saturated carbocycles. The van der Waals surface area contributed by atoms with Crippen molar-refractivity contribution in [3.63, 3.8) is 0 Å². The molecule has 0 spiro atoms. The zero-order valence-corrected chi connectivity index (χ0v) is 32.8. The summed E-state index contributed by atoms with van der Waals surface area (Å²) in [5.41, 5.74) is 14.1. The number of nitrogens with zero attached hydrogens (tertiary/aromatic N) is 2. The Morgan fingerprint density at radius 2 is 1.00 bits per heavy atom. The van der Waals surface area contributed by atoms with Crippen LogP contribution >= 0.6 is 0 Å². The van der Waals surface area contributed by atoms with Crippen molar-refractivity contribution in [1.29, 1.82) is 0 Å². The number of para-hydroxylation sites is 2. The van der Waals surface area contributed by atoms with E-state index in [0.29, 0.717) is 0 Å². The number of fused-ring (bicyclic) bond motifs is 5. The van der Waals surface area contributed by atoms with Crippen LogP contribution in [0.4, 0.5) is 17.1 Å². The molecule has 4 aliphatic rings. The molecule has 2 nitrogen and oxygen atoms in total. The molecule has 0 saturated heterocycles. The van der Waals surface area contributed by atoms with E-state index in [4.69, 9.17) is 0 Å². The standard InChI is InChI=1S/C56H46N2/c1-2-11-41(12-3-1)42-21-26-46(27-22-42)57(54-20-9-7-18-52(54)56-35-38-31-39(36-56)33-40(32-38)37-56)47-28-23-43(24-29-47)45-14-10-15-48(34-45)58-53-19-8-6-17-50(53)51-30-25-44-13-4-5-16-49(44)55(51)58/h1-30,34,38-40H,31-33,35-37H2/t38-,39-,40?,56?/m1/s1. The topological polar surface area (TPSA) is 8.17 Å². The fourth-order valence-corrected chi connectivity index (χ4v) is 12.0. The predicted octanol–water partition coefficient (Wildman–Crippen LogP) is 15.2. The van der Waals surface area contributed by atoms with E-state index in [-0.39, 0.29) is 5.41 Å². The Morgan fingerprint density at radius 1 is 0.431 bits per heavy atom. The van der Waals surface area contributed by atoms with Crippen LogP contribution in [0.15, 0.2) is 188 Å². The van der Waals surface area contributed by atoms with Gasteiger partial charge in [-0.15, -0.1) is 0 Å². The Morgan fingerprint density at radius 3 is 1.72 bits per heavy atom. The lowest BCUT2D eigenvalue weighted by Gasteiger charge is -2.57. The fraction of sp³-hybridized carbons (Fsp3) is 0.179. The van der Waals surface area contributed by atoms with Crippen LogP contribution in [0.1, 0.15) is 44.1 Å². The van der Waals surface area contributed by atoms with Gasteiger partial charge in [-0.05, 0) is 143 Å². The minimum atomic E-state index is 0.270. The van der Waals surface area contributed by atoms with Crippen molar-refractivity contribution in [2.24, 2.45) is 17.8 Å². The van der Waals surface area contributed by atoms with Crippen molar-refractivity contribution < 1.29 is 0 Å². The first kappa shape index (κ1) is 33.7. The van der Waals surface area contributed by atoms with E-state index in [1.54, 1.807) is 5.56 Å². The monoisotopic (exact) mass is 746 g/mol. The van der Waals surface area contributed by atoms with Gasteiger partial charge in [0, 0.05) is 38.9 Å². The molecule has 0 N–H and O–H groups in total. The van der Waals surface area contributed by atoms with Crippen LogP contribution in [0, 0.1) is 17.8 Å². The smallest absolute Gasteiger partial charge is 0.0619 e. The van der Waals surface area contributed by atoms with E-state index in [0.717, 1.165) is 17.8 Å². The summed E-state index contributed by atoms with van der Waals surface area (Å²) < 4.78 is 2.47. The minimum absolute atomic E-state index is 0.270. The second-order valence-corrected chi connectivity index (χ2v) is 17.6. The predicted molar refractivity (Wildman–Crippen MR) is 244 cm³/mol. The van der Waals surface area contributed by atoms with E-state index in [2.05, 4.69) is 198 Å². The molecule has 4 fully saturated rings. The SMILES string of the molecule is c1ccc(-c2ccc(N(c3ccc(-c4cccc(-n5c6ccccc6c6ccc7ccccc7c65)c4)cc3)c3ccccc3C34CC5C[C@H](C3)C[C@H](C5)C4)cc2)cc1. The van der Waals surface area contributed by atoms with E-state index in [9.17, 15) is 0 Å². The fourth-order valence-electron chi connectivity index (χ4n) is 12.0. The molecule has 2 heteroatoms. The largest absolute Gasteiger partial charge is 0.310 e. The van der Waals surface area contributed by atoms with Gasteiger partial charge in [-0.3, -0.25) is 0 Å². The second-order valence-electron chi connectivity index (χ2n) is 17.6. The Bertz CT molecular complexity index is 2940. The molecule has 4 bridgehead atoms. The normalized spacial score (nSPS) is 20.9. The highest BCUT2D eigenvalue weighted by atomic mass is 15.1. The molecule has 8 aromatic carbocycles. The van der Waals surface area contributed by atoms with Gasteiger partial charge in [0.1, 0.15) is 0 Å². The average molecular weight is 747 g/mol. The highest BCUT2D eigenvalue weighted by Gasteiger charge is 2.52. The maximum absolute atomic E-state index is 2.55. The first-order valence-electron chi connectivity index (χ1n) is 21.3. The minimum Gasteiger partial charge on any atom is -0.310 e. The van der Waals surface area contributed by atoms with Crippen molar-refractivity contribution in [2.75, 3.05) is 4.90 Å². The molecule has 1 heterocycles. The van der Waals surface area contributed by atoms with E-state index in [1.807, 2.05) is 0 Å². The zero-order valence-electron chi connectivity index (χ0n) is 32.8. The van der Waals surface area contributed by atoms with Crippen LogP contribution in [0.2, 0.25) is 0 Å². The van der Waals surface area contributed by atoms with Crippen LogP contribution in [-0.4, -0.2) is 4.57 Å². The summed E-state index contributed by atoms with van der Waals surface area (Å²) in [5, 5.41) is 5.10. The van der Waals surface area contributed by atoms with Crippen LogP contribution in [0.25, 0.3) is 60.5 Å². The van der Waals surface area contributed by atoms with Gasteiger partial charge >= 0.3 is 0 Å². The van der Waals surface area contributed by atoms with Gasteiger partial charge < -0.3 is 9.47 Å². The molecule has 13 rings (SSSR count). The van der Waals surface area contributed by atoms with Crippen LogP contribution < -0.4 is 4.90 Å². The number of aromatic nitrogens is 1. The van der Waals surface area contributed by atoms with Gasteiger partial charge in [-0.2, -0.15) is 0 Å². The number of rotatable bonds is 7. The van der Waals surface area contributed by atoms with Crippen molar-refractivity contribution in [3.8, 4) is 27.9 Å². The number of hydrogen-bond acceptors (Lipinski definition) is 1. The average Bonchev–Trinajstić information content (AvgIpc) is 3.62. The van der Waals surface area contributed by atoms with Crippen LogP contribution in [0.5, 0.6) is 0 Å². The third kappa shape index (κ3) is 5.46. The molecule has 0 unspecified atom stereocenters.